The summed E-state index contributed by atoms with van der Waals surface area (Å²) < 4.78 is 5.47. The molecule has 124 valence electrons. The van der Waals surface area contributed by atoms with Crippen molar-refractivity contribution in [2.24, 2.45) is 0 Å². The van der Waals surface area contributed by atoms with E-state index in [2.05, 4.69) is 0 Å². The number of hydrogen-bond donors (Lipinski definition) is 3. The number of hydrogen-bond acceptors (Lipinski definition) is 4. The minimum absolute atomic E-state index is 0.0543. The third-order valence-electron chi connectivity index (χ3n) is 4.48. The number of aromatic hydroxyl groups is 3. The zero-order valence-corrected chi connectivity index (χ0v) is 14.1. The Hall–Kier alpha value is -2.36. The predicted molar refractivity (Wildman–Crippen MR) is 90.7 cm³/mol. The van der Waals surface area contributed by atoms with Crippen LogP contribution in [0.15, 0.2) is 18.2 Å². The molecule has 23 heavy (non-hydrogen) atoms. The first-order valence-corrected chi connectivity index (χ1v) is 7.73. The SMILES string of the molecule is COc1c(C)c(C)c(O)c(CCCc2ccc(O)cc2O)c1C. The van der Waals surface area contributed by atoms with E-state index in [1.54, 1.807) is 19.2 Å². The van der Waals surface area contributed by atoms with E-state index in [1.165, 1.54) is 6.07 Å². The lowest BCUT2D eigenvalue weighted by Gasteiger charge is -2.18. The van der Waals surface area contributed by atoms with Gasteiger partial charge in [-0.15, -0.1) is 0 Å². The first-order valence-electron chi connectivity index (χ1n) is 7.73. The highest BCUT2D eigenvalue weighted by atomic mass is 16.5. The van der Waals surface area contributed by atoms with Crippen molar-refractivity contribution < 1.29 is 20.1 Å². The summed E-state index contributed by atoms with van der Waals surface area (Å²) in [6.45, 7) is 5.79. The van der Waals surface area contributed by atoms with Gasteiger partial charge >= 0.3 is 0 Å². The molecule has 0 bridgehead atoms. The highest BCUT2D eigenvalue weighted by Crippen LogP contribution is 2.37. The molecule has 2 aromatic rings. The molecule has 0 fully saturated rings. The van der Waals surface area contributed by atoms with Crippen LogP contribution in [0, 0.1) is 20.8 Å². The molecule has 0 saturated heterocycles. The fourth-order valence-corrected chi connectivity index (χ4v) is 3.00. The lowest BCUT2D eigenvalue weighted by Crippen LogP contribution is -2.01. The van der Waals surface area contributed by atoms with Gasteiger partial charge in [-0.2, -0.15) is 0 Å². The molecular weight excluding hydrogens is 292 g/mol. The monoisotopic (exact) mass is 316 g/mol. The van der Waals surface area contributed by atoms with E-state index >= 15 is 0 Å². The highest BCUT2D eigenvalue weighted by molar-refractivity contribution is 5.57. The fourth-order valence-electron chi connectivity index (χ4n) is 3.00. The van der Waals surface area contributed by atoms with Crippen molar-refractivity contribution in [3.8, 4) is 23.0 Å². The zero-order chi connectivity index (χ0) is 17.1. The van der Waals surface area contributed by atoms with Crippen LogP contribution in [-0.2, 0) is 12.8 Å². The zero-order valence-electron chi connectivity index (χ0n) is 14.1. The molecule has 2 aromatic carbocycles. The first-order chi connectivity index (χ1) is 10.9. The average Bonchev–Trinajstić information content (AvgIpc) is 2.51. The minimum Gasteiger partial charge on any atom is -0.508 e. The summed E-state index contributed by atoms with van der Waals surface area (Å²) in [5, 5.41) is 29.6. The summed E-state index contributed by atoms with van der Waals surface area (Å²) in [5.41, 5.74) is 4.44. The summed E-state index contributed by atoms with van der Waals surface area (Å²) >= 11 is 0. The smallest absolute Gasteiger partial charge is 0.125 e. The molecule has 0 aliphatic carbocycles. The maximum atomic E-state index is 10.4. The molecule has 0 aliphatic rings. The summed E-state index contributed by atoms with van der Waals surface area (Å²) in [4.78, 5) is 0. The van der Waals surface area contributed by atoms with E-state index in [0.717, 1.165) is 40.0 Å². The Morgan fingerprint density at radius 2 is 1.61 bits per heavy atom. The number of phenols is 3. The van der Waals surface area contributed by atoms with Crippen LogP contribution in [0.3, 0.4) is 0 Å². The maximum Gasteiger partial charge on any atom is 0.125 e. The van der Waals surface area contributed by atoms with Gasteiger partial charge in [-0.1, -0.05) is 6.07 Å². The van der Waals surface area contributed by atoms with Crippen molar-refractivity contribution in [3.05, 3.63) is 46.0 Å². The molecule has 0 atom stereocenters. The minimum atomic E-state index is 0.0543. The van der Waals surface area contributed by atoms with Gasteiger partial charge in [0.05, 0.1) is 7.11 Å². The van der Waals surface area contributed by atoms with Crippen molar-refractivity contribution in [1.29, 1.82) is 0 Å². The van der Waals surface area contributed by atoms with Crippen molar-refractivity contribution in [3.63, 3.8) is 0 Å². The second-order valence-corrected chi connectivity index (χ2v) is 5.90. The van der Waals surface area contributed by atoms with Crippen molar-refractivity contribution >= 4 is 0 Å². The molecule has 3 N–H and O–H groups in total. The van der Waals surface area contributed by atoms with Crippen molar-refractivity contribution in [1.82, 2.24) is 0 Å². The molecule has 4 nitrogen and oxygen atoms in total. The molecule has 2 rings (SSSR count). The number of phenolic OH excluding ortho intramolecular Hbond substituents is 3. The molecule has 0 spiro atoms. The van der Waals surface area contributed by atoms with Gasteiger partial charge in [0, 0.05) is 11.6 Å². The van der Waals surface area contributed by atoms with Crippen LogP contribution >= 0.6 is 0 Å². The number of rotatable bonds is 5. The Morgan fingerprint density at radius 3 is 2.22 bits per heavy atom. The van der Waals surface area contributed by atoms with Crippen LogP contribution < -0.4 is 4.74 Å². The van der Waals surface area contributed by atoms with E-state index in [1.807, 2.05) is 20.8 Å². The highest BCUT2D eigenvalue weighted by Gasteiger charge is 2.17. The van der Waals surface area contributed by atoms with Crippen LogP contribution in [0.5, 0.6) is 23.0 Å². The van der Waals surface area contributed by atoms with E-state index < -0.39 is 0 Å². The topological polar surface area (TPSA) is 69.9 Å². The summed E-state index contributed by atoms with van der Waals surface area (Å²) in [5.74, 6) is 1.31. The van der Waals surface area contributed by atoms with Gasteiger partial charge in [-0.05, 0) is 68.4 Å². The van der Waals surface area contributed by atoms with E-state index in [4.69, 9.17) is 4.74 Å². The van der Waals surface area contributed by atoms with Crippen LogP contribution in [0.2, 0.25) is 0 Å². The van der Waals surface area contributed by atoms with Gasteiger partial charge in [0.15, 0.2) is 0 Å². The van der Waals surface area contributed by atoms with Gasteiger partial charge in [-0.25, -0.2) is 0 Å². The van der Waals surface area contributed by atoms with E-state index in [-0.39, 0.29) is 11.5 Å². The average molecular weight is 316 g/mol. The van der Waals surface area contributed by atoms with Crippen LogP contribution in [0.1, 0.15) is 34.2 Å². The third-order valence-corrected chi connectivity index (χ3v) is 4.48. The van der Waals surface area contributed by atoms with Crippen molar-refractivity contribution in [2.45, 2.75) is 40.0 Å². The lowest BCUT2D eigenvalue weighted by molar-refractivity contribution is 0.402. The van der Waals surface area contributed by atoms with Crippen LogP contribution in [0.4, 0.5) is 0 Å². The summed E-state index contributed by atoms with van der Waals surface area (Å²) in [6.07, 6.45) is 2.13. The van der Waals surface area contributed by atoms with Gasteiger partial charge in [-0.3, -0.25) is 0 Å². The third kappa shape index (κ3) is 3.36. The van der Waals surface area contributed by atoms with Crippen molar-refractivity contribution in [2.75, 3.05) is 7.11 Å². The second-order valence-electron chi connectivity index (χ2n) is 5.90. The van der Waals surface area contributed by atoms with E-state index in [0.29, 0.717) is 18.6 Å². The molecular formula is C19H24O4. The second kappa shape index (κ2) is 6.82. The van der Waals surface area contributed by atoms with Gasteiger partial charge < -0.3 is 20.1 Å². The molecule has 0 amide bonds. The van der Waals surface area contributed by atoms with E-state index in [9.17, 15) is 15.3 Å². The number of benzene rings is 2. The summed E-state index contributed by atoms with van der Waals surface area (Å²) in [6, 6.07) is 4.63. The molecule has 0 heterocycles. The largest absolute Gasteiger partial charge is 0.508 e. The Labute approximate surface area is 137 Å². The maximum absolute atomic E-state index is 10.4. The standard InChI is InChI=1S/C19H24O4/c1-11-12(2)19(23-4)13(3)16(18(11)22)7-5-6-14-8-9-15(20)10-17(14)21/h8-10,20-22H,5-7H2,1-4H3. The number of ether oxygens (including phenoxy) is 1. The number of methoxy groups -OCH3 is 1. The Bertz CT molecular complexity index is 720. The molecule has 0 saturated carbocycles. The molecule has 0 unspecified atom stereocenters. The normalized spacial score (nSPS) is 10.8. The Balaban J connectivity index is 2.19. The quantitative estimate of drug-likeness (QED) is 0.782. The number of aryl methyl sites for hydroxylation is 1. The molecule has 0 aliphatic heterocycles. The molecule has 0 aromatic heterocycles. The molecule has 0 radical (unpaired) electrons. The first kappa shape index (κ1) is 17.0. The lowest BCUT2D eigenvalue weighted by atomic mass is 9.93. The van der Waals surface area contributed by atoms with Crippen LogP contribution in [-0.4, -0.2) is 22.4 Å². The Morgan fingerprint density at radius 1 is 0.913 bits per heavy atom. The van der Waals surface area contributed by atoms with Crippen LogP contribution in [0.25, 0.3) is 0 Å². The predicted octanol–water partition coefficient (Wildman–Crippen LogP) is 3.91. The van der Waals surface area contributed by atoms with Gasteiger partial charge in [0.1, 0.15) is 23.0 Å². The Kier molecular flexibility index (Phi) is 5.04. The summed E-state index contributed by atoms with van der Waals surface area (Å²) in [7, 11) is 1.64. The molecule has 4 heteroatoms. The van der Waals surface area contributed by atoms with Gasteiger partial charge in [0.2, 0.25) is 0 Å². The van der Waals surface area contributed by atoms with Gasteiger partial charge in [0.25, 0.3) is 0 Å². The fraction of sp³-hybridized carbons (Fsp3) is 0.368.